The normalized spacial score (nSPS) is 11.7. The summed E-state index contributed by atoms with van der Waals surface area (Å²) in [5, 5.41) is 3.06. The largest absolute Gasteiger partial charge is 0.396 e. The molecule has 0 radical (unpaired) electrons. The average molecular weight is 261 g/mol. The van der Waals surface area contributed by atoms with E-state index in [9.17, 15) is 13.2 Å². The van der Waals surface area contributed by atoms with Gasteiger partial charge in [0.15, 0.2) is 0 Å². The summed E-state index contributed by atoms with van der Waals surface area (Å²) in [7, 11) is 0. The van der Waals surface area contributed by atoms with Gasteiger partial charge in [-0.15, -0.1) is 0 Å². The van der Waals surface area contributed by atoms with Crippen molar-refractivity contribution in [1.29, 1.82) is 0 Å². The summed E-state index contributed by atoms with van der Waals surface area (Å²) in [5.74, 6) is 0.363. The Bertz CT molecular complexity index is 402. The molecule has 0 fully saturated rings. The van der Waals surface area contributed by atoms with E-state index in [1.165, 1.54) is 0 Å². The summed E-state index contributed by atoms with van der Waals surface area (Å²) < 4.78 is 37.0. The van der Waals surface area contributed by atoms with Crippen LogP contribution in [0.2, 0.25) is 0 Å². The van der Waals surface area contributed by atoms with Crippen LogP contribution in [0.3, 0.4) is 0 Å². The number of aromatic nitrogens is 2. The summed E-state index contributed by atoms with van der Waals surface area (Å²) in [5.41, 5.74) is 1.50. The monoisotopic (exact) mass is 261 g/mol. The molecule has 1 aromatic heterocycles. The Morgan fingerprint density at radius 2 is 1.83 bits per heavy atom. The van der Waals surface area contributed by atoms with Gasteiger partial charge >= 0.3 is 6.18 Å². The highest BCUT2D eigenvalue weighted by molar-refractivity contribution is 5.46. The predicted molar refractivity (Wildman–Crippen MR) is 64.7 cm³/mol. The third-order valence-electron chi connectivity index (χ3n) is 2.51. The van der Waals surface area contributed by atoms with Gasteiger partial charge in [-0.1, -0.05) is 13.8 Å². The zero-order chi connectivity index (χ0) is 13.8. The van der Waals surface area contributed by atoms with E-state index in [2.05, 4.69) is 15.3 Å². The molecule has 102 valence electrons. The van der Waals surface area contributed by atoms with Gasteiger partial charge in [-0.2, -0.15) is 13.2 Å². The molecule has 0 aliphatic rings. The van der Waals surface area contributed by atoms with Gasteiger partial charge in [0, 0.05) is 17.8 Å². The van der Waals surface area contributed by atoms with Gasteiger partial charge in [0.05, 0.1) is 0 Å². The van der Waals surface area contributed by atoms with Crippen molar-refractivity contribution in [2.45, 2.75) is 46.2 Å². The molecule has 1 N–H and O–H groups in total. The van der Waals surface area contributed by atoms with E-state index in [1.807, 2.05) is 13.8 Å². The molecule has 0 atom stereocenters. The second-order valence-corrected chi connectivity index (χ2v) is 4.12. The summed E-state index contributed by atoms with van der Waals surface area (Å²) in [4.78, 5) is 7.91. The van der Waals surface area contributed by atoms with Crippen LogP contribution in [0.4, 0.5) is 19.0 Å². The number of halogens is 3. The third kappa shape index (κ3) is 4.16. The number of hydrogen-bond donors (Lipinski definition) is 1. The first-order valence-corrected chi connectivity index (χ1v) is 6.04. The van der Waals surface area contributed by atoms with Crippen molar-refractivity contribution in [3.05, 3.63) is 17.1 Å². The highest BCUT2D eigenvalue weighted by atomic mass is 19.4. The van der Waals surface area contributed by atoms with Gasteiger partial charge in [0.2, 0.25) is 0 Å². The molecule has 18 heavy (non-hydrogen) atoms. The van der Waals surface area contributed by atoms with E-state index in [0.717, 1.165) is 12.0 Å². The zero-order valence-electron chi connectivity index (χ0n) is 10.9. The van der Waals surface area contributed by atoms with Gasteiger partial charge < -0.3 is 5.32 Å². The topological polar surface area (TPSA) is 37.8 Å². The Hall–Kier alpha value is -1.33. The predicted octanol–water partition coefficient (Wildman–Crippen LogP) is 3.27. The van der Waals surface area contributed by atoms with E-state index >= 15 is 0 Å². The summed E-state index contributed by atoms with van der Waals surface area (Å²) in [6.45, 7) is 6.34. The van der Waals surface area contributed by atoms with Crippen molar-refractivity contribution < 1.29 is 13.2 Å². The van der Waals surface area contributed by atoms with Gasteiger partial charge in [0.1, 0.15) is 18.1 Å². The third-order valence-corrected chi connectivity index (χ3v) is 2.51. The lowest BCUT2D eigenvalue weighted by atomic mass is 10.1. The van der Waals surface area contributed by atoms with Gasteiger partial charge in [-0.05, 0) is 19.8 Å². The summed E-state index contributed by atoms with van der Waals surface area (Å²) in [6.07, 6.45) is -3.77. The Morgan fingerprint density at radius 1 is 1.17 bits per heavy atom. The van der Waals surface area contributed by atoms with Crippen LogP contribution in [-0.2, 0) is 12.8 Å². The molecule has 0 aromatic carbocycles. The Morgan fingerprint density at radius 3 is 2.33 bits per heavy atom. The highest BCUT2D eigenvalue weighted by Crippen LogP contribution is 2.23. The van der Waals surface area contributed by atoms with Crippen molar-refractivity contribution in [1.82, 2.24) is 9.97 Å². The van der Waals surface area contributed by atoms with E-state index in [1.54, 1.807) is 6.92 Å². The molecule has 1 heterocycles. The Balaban J connectivity index is 3.05. The number of nitrogens with one attached hydrogen (secondary N) is 1. The molecule has 0 saturated heterocycles. The molecule has 0 unspecified atom stereocenters. The lowest BCUT2D eigenvalue weighted by molar-refractivity contribution is -0.128. The van der Waals surface area contributed by atoms with Crippen LogP contribution < -0.4 is 5.32 Å². The van der Waals surface area contributed by atoms with Gasteiger partial charge in [0.25, 0.3) is 0 Å². The number of aryl methyl sites for hydroxylation is 1. The molecule has 0 aliphatic heterocycles. The number of rotatable bonds is 5. The molecule has 0 amide bonds. The van der Waals surface area contributed by atoms with Crippen LogP contribution in [0, 0.1) is 6.92 Å². The zero-order valence-corrected chi connectivity index (χ0v) is 10.9. The first-order chi connectivity index (χ1) is 8.37. The maximum Gasteiger partial charge on any atom is 0.396 e. The Labute approximate surface area is 105 Å². The molecule has 1 aromatic rings. The van der Waals surface area contributed by atoms with Gasteiger partial charge in [-0.25, -0.2) is 9.97 Å². The first kappa shape index (κ1) is 14.7. The second kappa shape index (κ2) is 6.02. The van der Waals surface area contributed by atoms with Crippen LogP contribution in [0.15, 0.2) is 0 Å². The van der Waals surface area contributed by atoms with Crippen molar-refractivity contribution in [2.75, 3.05) is 11.9 Å². The molecule has 3 nitrogen and oxygen atoms in total. The van der Waals surface area contributed by atoms with Crippen LogP contribution >= 0.6 is 0 Å². The molecule has 0 spiro atoms. The van der Waals surface area contributed by atoms with Gasteiger partial charge in [-0.3, -0.25) is 0 Å². The number of nitrogens with zero attached hydrogens (tertiary/aromatic N) is 2. The molecule has 0 bridgehead atoms. The fourth-order valence-corrected chi connectivity index (χ4v) is 1.73. The molecule has 6 heteroatoms. The number of hydrogen-bond acceptors (Lipinski definition) is 3. The quantitative estimate of drug-likeness (QED) is 0.884. The van der Waals surface area contributed by atoms with E-state index in [0.29, 0.717) is 24.5 Å². The van der Waals surface area contributed by atoms with Crippen LogP contribution in [0.25, 0.3) is 0 Å². The molecule has 1 rings (SSSR count). The number of anilines is 1. The number of alkyl halides is 3. The average Bonchev–Trinajstić information content (AvgIpc) is 2.23. The van der Waals surface area contributed by atoms with Crippen LogP contribution in [0.5, 0.6) is 0 Å². The van der Waals surface area contributed by atoms with E-state index in [-0.39, 0.29) is 5.82 Å². The van der Waals surface area contributed by atoms with E-state index in [4.69, 9.17) is 0 Å². The highest BCUT2D eigenvalue weighted by Gasteiger charge is 2.30. The van der Waals surface area contributed by atoms with Crippen molar-refractivity contribution in [3.8, 4) is 0 Å². The van der Waals surface area contributed by atoms with Crippen LogP contribution in [-0.4, -0.2) is 22.7 Å². The lowest BCUT2D eigenvalue weighted by Crippen LogP contribution is -2.17. The molecular weight excluding hydrogens is 243 g/mol. The first-order valence-electron chi connectivity index (χ1n) is 6.04. The minimum Gasteiger partial charge on any atom is -0.370 e. The maximum atomic E-state index is 12.3. The van der Waals surface area contributed by atoms with E-state index < -0.39 is 12.6 Å². The fourth-order valence-electron chi connectivity index (χ4n) is 1.73. The van der Waals surface area contributed by atoms with Crippen LogP contribution in [0.1, 0.15) is 37.4 Å². The molecule has 0 aliphatic carbocycles. The smallest absolute Gasteiger partial charge is 0.370 e. The molecular formula is C12H18F3N3. The van der Waals surface area contributed by atoms with Crippen molar-refractivity contribution >= 4 is 5.82 Å². The lowest BCUT2D eigenvalue weighted by Gasteiger charge is -2.14. The molecule has 0 saturated carbocycles. The summed E-state index contributed by atoms with van der Waals surface area (Å²) in [6, 6.07) is 0. The summed E-state index contributed by atoms with van der Waals surface area (Å²) >= 11 is 0. The second-order valence-electron chi connectivity index (χ2n) is 4.12. The minimum absolute atomic E-state index is 0.171. The SMILES string of the molecule is CCCNc1nc(CC(F)(F)F)nc(C)c1CC. The van der Waals surface area contributed by atoms with Crippen molar-refractivity contribution in [3.63, 3.8) is 0 Å². The standard InChI is InChI=1S/C12H18F3N3/c1-4-6-16-11-9(5-2)8(3)17-10(18-11)7-12(13,14)15/h4-7H2,1-3H3,(H,16,17,18). The maximum absolute atomic E-state index is 12.3. The minimum atomic E-state index is -4.28. The Kier molecular flexibility index (Phi) is 4.93. The van der Waals surface area contributed by atoms with Crippen molar-refractivity contribution in [2.24, 2.45) is 0 Å². The fraction of sp³-hybridized carbons (Fsp3) is 0.667.